The average molecular weight is 364 g/mol. The number of piperidine rings is 1. The van der Waals surface area contributed by atoms with Gasteiger partial charge in [0.25, 0.3) is 0 Å². The predicted molar refractivity (Wildman–Crippen MR) is 106 cm³/mol. The lowest BCUT2D eigenvalue weighted by molar-refractivity contribution is -0.127. The number of aromatic nitrogens is 2. The van der Waals surface area contributed by atoms with E-state index in [1.807, 2.05) is 6.07 Å². The smallest absolute Gasteiger partial charge is 0.225 e. The molecule has 2 aromatic rings. The summed E-state index contributed by atoms with van der Waals surface area (Å²) in [5, 5.41) is 3.36. The predicted octanol–water partition coefficient (Wildman–Crippen LogP) is 3.88. The Morgan fingerprint density at radius 1 is 1.00 bits per heavy atom. The molecule has 2 atom stereocenters. The van der Waals surface area contributed by atoms with Gasteiger partial charge in [-0.1, -0.05) is 49.6 Å². The van der Waals surface area contributed by atoms with Crippen LogP contribution in [-0.2, 0) is 4.79 Å². The number of nitrogens with one attached hydrogen (secondary N) is 1. The molecule has 2 fully saturated rings. The SMILES string of the molecule is O=C(NC1CCCCC1)[C@H]1CCCN(c2cnccn2)C1c1ccccc1. The van der Waals surface area contributed by atoms with Crippen LogP contribution in [0.25, 0.3) is 0 Å². The van der Waals surface area contributed by atoms with Crippen molar-refractivity contribution in [1.82, 2.24) is 15.3 Å². The maximum Gasteiger partial charge on any atom is 0.225 e. The summed E-state index contributed by atoms with van der Waals surface area (Å²) in [5.41, 5.74) is 1.17. The molecule has 4 rings (SSSR count). The Bertz CT molecular complexity index is 730. The van der Waals surface area contributed by atoms with Crippen molar-refractivity contribution in [2.75, 3.05) is 11.4 Å². The number of benzene rings is 1. The van der Waals surface area contributed by atoms with Crippen molar-refractivity contribution in [3.05, 3.63) is 54.5 Å². The first-order valence-electron chi connectivity index (χ1n) is 10.2. The van der Waals surface area contributed by atoms with Gasteiger partial charge < -0.3 is 10.2 Å². The molecule has 1 aromatic carbocycles. The first-order valence-corrected chi connectivity index (χ1v) is 10.2. The lowest BCUT2D eigenvalue weighted by Gasteiger charge is -2.42. The highest BCUT2D eigenvalue weighted by Crippen LogP contribution is 2.38. The van der Waals surface area contributed by atoms with Crippen LogP contribution in [0.1, 0.15) is 56.6 Å². The molecule has 1 saturated heterocycles. The molecule has 0 spiro atoms. The van der Waals surface area contributed by atoms with Gasteiger partial charge in [0.05, 0.1) is 18.2 Å². The van der Waals surface area contributed by atoms with Crippen molar-refractivity contribution in [2.24, 2.45) is 5.92 Å². The number of amides is 1. The Hall–Kier alpha value is -2.43. The van der Waals surface area contributed by atoms with Gasteiger partial charge in [-0.15, -0.1) is 0 Å². The lowest BCUT2D eigenvalue weighted by atomic mass is 9.83. The zero-order chi connectivity index (χ0) is 18.5. The summed E-state index contributed by atoms with van der Waals surface area (Å²) in [6.45, 7) is 0.894. The van der Waals surface area contributed by atoms with Gasteiger partial charge in [-0.05, 0) is 31.2 Å². The summed E-state index contributed by atoms with van der Waals surface area (Å²) < 4.78 is 0. The van der Waals surface area contributed by atoms with Crippen LogP contribution in [-0.4, -0.2) is 28.5 Å². The number of carbonyl (C=O) groups is 1. The van der Waals surface area contributed by atoms with E-state index in [0.29, 0.717) is 6.04 Å². The van der Waals surface area contributed by atoms with Gasteiger partial charge in [0, 0.05) is 25.0 Å². The van der Waals surface area contributed by atoms with Crippen molar-refractivity contribution in [3.63, 3.8) is 0 Å². The Balaban J connectivity index is 1.61. The second-order valence-corrected chi connectivity index (χ2v) is 7.70. The lowest BCUT2D eigenvalue weighted by Crippen LogP contribution is -2.48. The summed E-state index contributed by atoms with van der Waals surface area (Å²) in [6.07, 6.45) is 13.1. The largest absolute Gasteiger partial charge is 0.353 e. The molecule has 5 nitrogen and oxygen atoms in total. The Morgan fingerprint density at radius 2 is 1.81 bits per heavy atom. The minimum Gasteiger partial charge on any atom is -0.353 e. The Labute approximate surface area is 161 Å². The van der Waals surface area contributed by atoms with E-state index in [1.165, 1.54) is 24.8 Å². The fourth-order valence-corrected chi connectivity index (χ4v) is 4.58. The third-order valence-corrected chi connectivity index (χ3v) is 5.90. The molecule has 2 heterocycles. The van der Waals surface area contributed by atoms with Gasteiger partial charge in [0.1, 0.15) is 5.82 Å². The standard InChI is InChI=1S/C22H28N4O/c27-22(25-18-10-5-2-6-11-18)19-12-7-15-26(20-16-23-13-14-24-20)21(19)17-8-3-1-4-9-17/h1,3-4,8-9,13-14,16,18-19,21H,2,5-7,10-12,15H2,(H,25,27)/t19-,21?/m0/s1. The summed E-state index contributed by atoms with van der Waals surface area (Å²) in [4.78, 5) is 24.3. The minimum atomic E-state index is -0.0647. The van der Waals surface area contributed by atoms with Crippen LogP contribution in [0.5, 0.6) is 0 Å². The van der Waals surface area contributed by atoms with Crippen LogP contribution < -0.4 is 10.2 Å². The van der Waals surface area contributed by atoms with Crippen LogP contribution in [0.3, 0.4) is 0 Å². The molecule has 0 radical (unpaired) electrons. The average Bonchev–Trinajstić information content (AvgIpc) is 2.75. The van der Waals surface area contributed by atoms with Gasteiger partial charge in [-0.3, -0.25) is 9.78 Å². The first kappa shape index (κ1) is 18.0. The van der Waals surface area contributed by atoms with Crippen LogP contribution in [0.15, 0.2) is 48.9 Å². The van der Waals surface area contributed by atoms with E-state index >= 15 is 0 Å². The topological polar surface area (TPSA) is 58.1 Å². The van der Waals surface area contributed by atoms with Gasteiger partial charge >= 0.3 is 0 Å². The monoisotopic (exact) mass is 364 g/mol. The molecule has 1 amide bonds. The zero-order valence-electron chi connectivity index (χ0n) is 15.8. The molecule has 1 aliphatic heterocycles. The molecule has 1 saturated carbocycles. The van der Waals surface area contributed by atoms with Crippen molar-refractivity contribution in [1.29, 1.82) is 0 Å². The number of rotatable bonds is 4. The van der Waals surface area contributed by atoms with Crippen LogP contribution in [0.4, 0.5) is 5.82 Å². The van der Waals surface area contributed by atoms with E-state index in [-0.39, 0.29) is 17.9 Å². The summed E-state index contributed by atoms with van der Waals surface area (Å²) in [7, 11) is 0. The van der Waals surface area contributed by atoms with E-state index in [9.17, 15) is 4.79 Å². The zero-order valence-corrected chi connectivity index (χ0v) is 15.8. The third-order valence-electron chi connectivity index (χ3n) is 5.90. The van der Waals surface area contributed by atoms with Crippen molar-refractivity contribution >= 4 is 11.7 Å². The normalized spacial score (nSPS) is 23.8. The summed E-state index contributed by atoms with van der Waals surface area (Å²) >= 11 is 0. The number of hydrogen-bond donors (Lipinski definition) is 1. The van der Waals surface area contributed by atoms with Crippen LogP contribution in [0.2, 0.25) is 0 Å². The highest BCUT2D eigenvalue weighted by molar-refractivity contribution is 5.81. The number of carbonyl (C=O) groups excluding carboxylic acids is 1. The summed E-state index contributed by atoms with van der Waals surface area (Å²) in [6, 6.07) is 10.7. The highest BCUT2D eigenvalue weighted by Gasteiger charge is 2.38. The van der Waals surface area contributed by atoms with Gasteiger partial charge in [0.15, 0.2) is 0 Å². The van der Waals surface area contributed by atoms with Crippen molar-refractivity contribution < 1.29 is 4.79 Å². The van der Waals surface area contributed by atoms with Gasteiger partial charge in [0.2, 0.25) is 5.91 Å². The molecule has 5 heteroatoms. The summed E-state index contributed by atoms with van der Waals surface area (Å²) in [5.74, 6) is 0.982. The van der Waals surface area contributed by atoms with Crippen molar-refractivity contribution in [3.8, 4) is 0 Å². The number of nitrogens with zero attached hydrogens (tertiary/aromatic N) is 3. The molecule has 27 heavy (non-hydrogen) atoms. The Kier molecular flexibility index (Phi) is 5.66. The molecule has 142 valence electrons. The highest BCUT2D eigenvalue weighted by atomic mass is 16.2. The van der Waals surface area contributed by atoms with Gasteiger partial charge in [-0.2, -0.15) is 0 Å². The van der Waals surface area contributed by atoms with E-state index in [0.717, 1.165) is 38.0 Å². The van der Waals surface area contributed by atoms with E-state index in [1.54, 1.807) is 18.6 Å². The second-order valence-electron chi connectivity index (χ2n) is 7.70. The van der Waals surface area contributed by atoms with Crippen molar-refractivity contribution in [2.45, 2.75) is 57.0 Å². The molecular formula is C22H28N4O. The molecule has 1 N–H and O–H groups in total. The van der Waals surface area contributed by atoms with Crippen LogP contribution in [0, 0.1) is 5.92 Å². The number of hydrogen-bond acceptors (Lipinski definition) is 4. The van der Waals surface area contributed by atoms with E-state index in [4.69, 9.17) is 0 Å². The molecule has 2 aliphatic rings. The number of anilines is 1. The maximum atomic E-state index is 13.3. The molecule has 1 aromatic heterocycles. The second kappa shape index (κ2) is 8.51. The fourth-order valence-electron chi connectivity index (χ4n) is 4.58. The van der Waals surface area contributed by atoms with Gasteiger partial charge in [-0.25, -0.2) is 4.98 Å². The molecule has 0 bridgehead atoms. The van der Waals surface area contributed by atoms with E-state index < -0.39 is 0 Å². The first-order chi connectivity index (χ1) is 13.3. The fraction of sp³-hybridized carbons (Fsp3) is 0.500. The van der Waals surface area contributed by atoms with Crippen LogP contribution >= 0.6 is 0 Å². The van der Waals surface area contributed by atoms with E-state index in [2.05, 4.69) is 44.5 Å². The maximum absolute atomic E-state index is 13.3. The third kappa shape index (κ3) is 4.12. The molecular weight excluding hydrogens is 336 g/mol. The Morgan fingerprint density at radius 3 is 2.56 bits per heavy atom. The molecule has 1 unspecified atom stereocenters. The quantitative estimate of drug-likeness (QED) is 0.894. The molecule has 1 aliphatic carbocycles. The minimum absolute atomic E-state index is 0.000223.